The summed E-state index contributed by atoms with van der Waals surface area (Å²) in [6, 6.07) is 0. The van der Waals surface area contributed by atoms with Crippen LogP contribution in [0.1, 0.15) is 16.9 Å². The molecule has 118 valence electrons. The minimum absolute atomic E-state index is 0.0322. The lowest BCUT2D eigenvalue weighted by atomic mass is 10.3. The van der Waals surface area contributed by atoms with Gasteiger partial charge in [-0.15, -0.1) is 5.10 Å². The Kier molecular flexibility index (Phi) is 7.33. The van der Waals surface area contributed by atoms with Crippen LogP contribution >= 0.6 is 0 Å². The Morgan fingerprint density at radius 2 is 2.29 bits per heavy atom. The molecule has 0 saturated heterocycles. The van der Waals surface area contributed by atoms with Gasteiger partial charge in [-0.3, -0.25) is 14.3 Å². The summed E-state index contributed by atoms with van der Waals surface area (Å²) in [7, 11) is 3.14. The Labute approximate surface area is 123 Å². The molecular weight excluding hydrogens is 276 g/mol. The van der Waals surface area contributed by atoms with E-state index in [1.807, 2.05) is 0 Å². The zero-order valence-corrected chi connectivity index (χ0v) is 12.4. The summed E-state index contributed by atoms with van der Waals surface area (Å²) in [5.41, 5.74) is 5.59. The molecule has 1 aromatic rings. The molecule has 0 atom stereocenters. The molecule has 0 aliphatic carbocycles. The van der Waals surface area contributed by atoms with E-state index >= 15 is 0 Å². The number of hydrogen-bond acceptors (Lipinski definition) is 6. The lowest BCUT2D eigenvalue weighted by Gasteiger charge is -2.15. The van der Waals surface area contributed by atoms with E-state index in [2.05, 4.69) is 15.6 Å². The van der Waals surface area contributed by atoms with Crippen molar-refractivity contribution in [2.24, 2.45) is 5.73 Å². The normalized spacial score (nSPS) is 10.4. The second-order valence-corrected chi connectivity index (χ2v) is 4.51. The van der Waals surface area contributed by atoms with E-state index in [1.165, 1.54) is 15.8 Å². The monoisotopic (exact) mass is 298 g/mol. The Bertz CT molecular complexity index is 462. The van der Waals surface area contributed by atoms with Crippen LogP contribution in [-0.4, -0.2) is 72.1 Å². The lowest BCUT2D eigenvalue weighted by Crippen LogP contribution is -2.39. The third-order valence-electron chi connectivity index (χ3n) is 2.69. The summed E-state index contributed by atoms with van der Waals surface area (Å²) in [6.07, 6.45) is 2.25. The summed E-state index contributed by atoms with van der Waals surface area (Å²) < 4.78 is 6.37. The summed E-state index contributed by atoms with van der Waals surface area (Å²) >= 11 is 0. The molecule has 0 bridgehead atoms. The van der Waals surface area contributed by atoms with E-state index in [0.29, 0.717) is 26.2 Å². The van der Waals surface area contributed by atoms with Crippen molar-refractivity contribution in [1.82, 2.24) is 25.2 Å². The zero-order chi connectivity index (χ0) is 15.7. The summed E-state index contributed by atoms with van der Waals surface area (Å²) in [4.78, 5) is 25.0. The van der Waals surface area contributed by atoms with Gasteiger partial charge >= 0.3 is 0 Å². The van der Waals surface area contributed by atoms with Crippen LogP contribution in [0, 0.1) is 0 Å². The molecule has 0 fully saturated rings. The van der Waals surface area contributed by atoms with Crippen LogP contribution in [0.5, 0.6) is 0 Å². The van der Waals surface area contributed by atoms with Gasteiger partial charge in [0.05, 0.1) is 19.3 Å². The Balaban J connectivity index is 2.40. The molecule has 0 aliphatic rings. The number of aromatic nitrogens is 3. The van der Waals surface area contributed by atoms with Gasteiger partial charge in [0.15, 0.2) is 5.69 Å². The number of methoxy groups -OCH3 is 1. The van der Waals surface area contributed by atoms with Crippen molar-refractivity contribution in [2.75, 3.05) is 40.4 Å². The number of likely N-dealkylation sites (N-methyl/N-ethyl adjacent to an activating group) is 1. The Morgan fingerprint density at radius 1 is 1.52 bits per heavy atom. The molecule has 1 rings (SSSR count). The highest BCUT2D eigenvalue weighted by Gasteiger charge is 2.17. The van der Waals surface area contributed by atoms with Crippen molar-refractivity contribution in [1.29, 1.82) is 0 Å². The summed E-state index contributed by atoms with van der Waals surface area (Å²) in [6.45, 7) is 1.97. The molecular formula is C12H22N6O3. The van der Waals surface area contributed by atoms with Crippen molar-refractivity contribution in [3.05, 3.63) is 11.9 Å². The maximum Gasteiger partial charge on any atom is 0.276 e. The van der Waals surface area contributed by atoms with Crippen LogP contribution in [0.25, 0.3) is 0 Å². The lowest BCUT2D eigenvalue weighted by molar-refractivity contribution is -0.121. The summed E-state index contributed by atoms with van der Waals surface area (Å²) in [5.74, 6) is -0.582. The van der Waals surface area contributed by atoms with Gasteiger partial charge in [-0.05, 0) is 6.42 Å². The minimum Gasteiger partial charge on any atom is -0.385 e. The van der Waals surface area contributed by atoms with Gasteiger partial charge in [0, 0.05) is 33.9 Å². The molecule has 0 aliphatic heterocycles. The first-order chi connectivity index (χ1) is 10.1. The van der Waals surface area contributed by atoms with Crippen LogP contribution in [0.2, 0.25) is 0 Å². The molecule has 9 heteroatoms. The van der Waals surface area contributed by atoms with Crippen LogP contribution in [0.3, 0.4) is 0 Å². The average molecular weight is 298 g/mol. The maximum absolute atomic E-state index is 12.1. The third kappa shape index (κ3) is 5.88. The maximum atomic E-state index is 12.1. The SMILES string of the molecule is COCCCNC(=O)CN(C)C(=O)c1cn(CCN)nn1. The number of rotatable bonds is 9. The molecule has 0 unspecified atom stereocenters. The fraction of sp³-hybridized carbons (Fsp3) is 0.667. The number of nitrogens with two attached hydrogens (primary N) is 1. The second kappa shape index (κ2) is 9.03. The van der Waals surface area contributed by atoms with E-state index in [1.54, 1.807) is 14.2 Å². The van der Waals surface area contributed by atoms with Gasteiger partial charge in [-0.2, -0.15) is 0 Å². The van der Waals surface area contributed by atoms with Crippen molar-refractivity contribution in [2.45, 2.75) is 13.0 Å². The fourth-order valence-electron chi connectivity index (χ4n) is 1.62. The molecule has 9 nitrogen and oxygen atoms in total. The van der Waals surface area contributed by atoms with E-state index < -0.39 is 0 Å². The minimum atomic E-state index is -0.356. The van der Waals surface area contributed by atoms with Gasteiger partial charge in [0.1, 0.15) is 0 Å². The van der Waals surface area contributed by atoms with E-state index in [-0.39, 0.29) is 24.1 Å². The van der Waals surface area contributed by atoms with Gasteiger partial charge < -0.3 is 20.7 Å². The van der Waals surface area contributed by atoms with Crippen molar-refractivity contribution >= 4 is 11.8 Å². The first kappa shape index (κ1) is 17.1. The highest BCUT2D eigenvalue weighted by Crippen LogP contribution is 1.98. The second-order valence-electron chi connectivity index (χ2n) is 4.51. The number of nitrogens with zero attached hydrogens (tertiary/aromatic N) is 4. The fourth-order valence-corrected chi connectivity index (χ4v) is 1.62. The first-order valence-corrected chi connectivity index (χ1v) is 6.69. The molecule has 0 aromatic carbocycles. The number of carbonyl (C=O) groups excluding carboxylic acids is 2. The van der Waals surface area contributed by atoms with Crippen LogP contribution in [-0.2, 0) is 16.1 Å². The zero-order valence-electron chi connectivity index (χ0n) is 12.4. The van der Waals surface area contributed by atoms with Gasteiger partial charge in [0.25, 0.3) is 5.91 Å². The number of nitrogens with one attached hydrogen (secondary N) is 1. The van der Waals surface area contributed by atoms with E-state index in [0.717, 1.165) is 6.42 Å². The van der Waals surface area contributed by atoms with Crippen molar-refractivity contribution in [3.63, 3.8) is 0 Å². The summed E-state index contributed by atoms with van der Waals surface area (Å²) in [5, 5.41) is 10.3. The van der Waals surface area contributed by atoms with Gasteiger partial charge in [-0.1, -0.05) is 5.21 Å². The predicted octanol–water partition coefficient (Wildman–Crippen LogP) is -1.54. The average Bonchev–Trinajstić information content (AvgIpc) is 2.91. The quantitative estimate of drug-likeness (QED) is 0.534. The van der Waals surface area contributed by atoms with Gasteiger partial charge in [-0.25, -0.2) is 0 Å². The molecule has 0 spiro atoms. The molecule has 0 radical (unpaired) electrons. The molecule has 0 saturated carbocycles. The number of amides is 2. The molecule has 3 N–H and O–H groups in total. The van der Waals surface area contributed by atoms with Crippen LogP contribution in [0.4, 0.5) is 0 Å². The molecule has 1 aromatic heterocycles. The smallest absolute Gasteiger partial charge is 0.276 e. The van der Waals surface area contributed by atoms with Crippen molar-refractivity contribution in [3.8, 4) is 0 Å². The number of ether oxygens (including phenoxy) is 1. The molecule has 1 heterocycles. The van der Waals surface area contributed by atoms with E-state index in [4.69, 9.17) is 10.5 Å². The first-order valence-electron chi connectivity index (χ1n) is 6.69. The van der Waals surface area contributed by atoms with Gasteiger partial charge in [0.2, 0.25) is 5.91 Å². The molecule has 2 amide bonds. The van der Waals surface area contributed by atoms with Crippen molar-refractivity contribution < 1.29 is 14.3 Å². The number of carbonyl (C=O) groups is 2. The van der Waals surface area contributed by atoms with E-state index in [9.17, 15) is 9.59 Å². The predicted molar refractivity (Wildman–Crippen MR) is 75.5 cm³/mol. The Morgan fingerprint density at radius 3 is 2.95 bits per heavy atom. The largest absolute Gasteiger partial charge is 0.385 e. The van der Waals surface area contributed by atoms with Crippen LogP contribution in [0.15, 0.2) is 6.20 Å². The standard InChI is InChI=1S/C12H22N6O3/c1-17(9-11(19)14-5-3-7-21-2)12(20)10-8-18(6-4-13)16-15-10/h8H,3-7,9,13H2,1-2H3,(H,14,19). The highest BCUT2D eigenvalue weighted by atomic mass is 16.5. The topological polar surface area (TPSA) is 115 Å². The number of hydrogen-bond donors (Lipinski definition) is 2. The Hall–Kier alpha value is -2.00. The highest BCUT2D eigenvalue weighted by molar-refractivity contribution is 5.94. The molecule has 21 heavy (non-hydrogen) atoms. The van der Waals surface area contributed by atoms with Crippen LogP contribution < -0.4 is 11.1 Å². The third-order valence-corrected chi connectivity index (χ3v) is 2.69.